The van der Waals surface area contributed by atoms with Gasteiger partial charge in [-0.3, -0.25) is 10.2 Å². The Hall–Kier alpha value is -1.85. The number of para-hydroxylation sites is 1. The summed E-state index contributed by atoms with van der Waals surface area (Å²) in [6, 6.07) is 7.36. The van der Waals surface area contributed by atoms with Gasteiger partial charge in [0, 0.05) is 12.0 Å². The zero-order chi connectivity index (χ0) is 13.7. The fourth-order valence-corrected chi connectivity index (χ4v) is 1.93. The van der Waals surface area contributed by atoms with Crippen molar-refractivity contribution in [1.82, 2.24) is 5.43 Å². The highest BCUT2D eigenvalue weighted by Gasteiger charge is 2.19. The Kier molecular flexibility index (Phi) is 4.54. The number of nitrogens with two attached hydrogens (primary N) is 1. The first kappa shape index (κ1) is 13.6. The zero-order valence-corrected chi connectivity index (χ0v) is 10.9. The van der Waals surface area contributed by atoms with E-state index in [2.05, 4.69) is 12.3 Å². The number of hydrogen-bond acceptors (Lipinski definition) is 4. The lowest BCUT2D eigenvalue weighted by molar-refractivity contribution is 0.0916. The lowest BCUT2D eigenvalue weighted by Gasteiger charge is -2.03. The number of rotatable bonds is 6. The van der Waals surface area contributed by atoms with Gasteiger partial charge in [0.05, 0.1) is 5.56 Å². The van der Waals surface area contributed by atoms with Gasteiger partial charge in [0.2, 0.25) is 0 Å². The molecule has 0 saturated carbocycles. The third-order valence-electron chi connectivity index (χ3n) is 2.90. The normalized spacial score (nSPS) is 10.8. The van der Waals surface area contributed by atoms with Crippen molar-refractivity contribution in [3.05, 3.63) is 35.6 Å². The van der Waals surface area contributed by atoms with E-state index in [9.17, 15) is 4.79 Å². The van der Waals surface area contributed by atoms with E-state index in [0.29, 0.717) is 23.5 Å². The van der Waals surface area contributed by atoms with E-state index in [1.165, 1.54) is 0 Å². The van der Waals surface area contributed by atoms with Gasteiger partial charge >= 0.3 is 0 Å². The molecule has 0 bridgehead atoms. The minimum absolute atomic E-state index is 0.275. The van der Waals surface area contributed by atoms with Gasteiger partial charge in [0.15, 0.2) is 0 Å². The molecule has 3 N–H and O–H groups in total. The predicted octanol–water partition coefficient (Wildman–Crippen LogP) is 2.35. The third-order valence-corrected chi connectivity index (χ3v) is 2.90. The summed E-state index contributed by atoms with van der Waals surface area (Å²) in [6.45, 7) is 3.02. The van der Waals surface area contributed by atoms with Crippen molar-refractivity contribution in [2.75, 3.05) is 6.61 Å². The van der Waals surface area contributed by atoms with E-state index in [1.807, 2.05) is 24.3 Å². The summed E-state index contributed by atoms with van der Waals surface area (Å²) in [7, 11) is 0. The molecule has 1 aromatic heterocycles. The van der Waals surface area contributed by atoms with E-state index >= 15 is 0 Å². The standard InChI is InChI=1S/C14H18N2O3/c1-2-3-8-18-9-12-13(14(17)16-15)10-6-4-5-7-11(10)19-12/h4-7H,2-3,8-9,15H2,1H3,(H,16,17). The number of hydrogen-bond donors (Lipinski definition) is 2. The Morgan fingerprint density at radius 2 is 2.21 bits per heavy atom. The molecule has 102 valence electrons. The van der Waals surface area contributed by atoms with Crippen molar-refractivity contribution in [2.24, 2.45) is 5.84 Å². The number of ether oxygens (including phenoxy) is 1. The zero-order valence-electron chi connectivity index (χ0n) is 10.9. The number of carbonyl (C=O) groups is 1. The summed E-state index contributed by atoms with van der Waals surface area (Å²) in [5.41, 5.74) is 3.26. The van der Waals surface area contributed by atoms with Crippen molar-refractivity contribution < 1.29 is 13.9 Å². The average Bonchev–Trinajstić information content (AvgIpc) is 2.81. The van der Waals surface area contributed by atoms with E-state index in [0.717, 1.165) is 18.2 Å². The second-order valence-electron chi connectivity index (χ2n) is 4.28. The molecule has 0 aliphatic heterocycles. The van der Waals surface area contributed by atoms with Crippen LogP contribution in [-0.2, 0) is 11.3 Å². The molecule has 0 atom stereocenters. The van der Waals surface area contributed by atoms with Gasteiger partial charge in [-0.25, -0.2) is 5.84 Å². The molecule has 0 unspecified atom stereocenters. The number of nitrogen functional groups attached to an aromatic ring is 1. The summed E-state index contributed by atoms with van der Waals surface area (Å²) in [5.74, 6) is 5.37. The van der Waals surface area contributed by atoms with Crippen molar-refractivity contribution >= 4 is 16.9 Å². The first-order valence-corrected chi connectivity index (χ1v) is 6.37. The smallest absolute Gasteiger partial charge is 0.269 e. The molecule has 2 rings (SSSR count). The predicted molar refractivity (Wildman–Crippen MR) is 72.4 cm³/mol. The van der Waals surface area contributed by atoms with Crippen LogP contribution >= 0.6 is 0 Å². The Balaban J connectivity index is 2.28. The van der Waals surface area contributed by atoms with Crippen LogP contribution in [0.15, 0.2) is 28.7 Å². The summed E-state index contributed by atoms with van der Waals surface area (Å²) in [5, 5.41) is 0.750. The molecule has 0 saturated heterocycles. The molecule has 1 heterocycles. The van der Waals surface area contributed by atoms with Crippen LogP contribution in [0, 0.1) is 0 Å². The SMILES string of the molecule is CCCCOCc1oc2ccccc2c1C(=O)NN. The van der Waals surface area contributed by atoms with Crippen LogP contribution in [0.3, 0.4) is 0 Å². The number of benzene rings is 1. The van der Waals surface area contributed by atoms with Crippen LogP contribution in [0.25, 0.3) is 11.0 Å². The highest BCUT2D eigenvalue weighted by atomic mass is 16.5. The van der Waals surface area contributed by atoms with Gasteiger partial charge in [-0.2, -0.15) is 0 Å². The molecule has 5 heteroatoms. The summed E-state index contributed by atoms with van der Waals surface area (Å²) in [6.07, 6.45) is 2.05. The fourth-order valence-electron chi connectivity index (χ4n) is 1.93. The molecule has 0 aliphatic rings. The Morgan fingerprint density at radius 3 is 2.95 bits per heavy atom. The summed E-state index contributed by atoms with van der Waals surface area (Å²) < 4.78 is 11.2. The monoisotopic (exact) mass is 262 g/mol. The van der Waals surface area contributed by atoms with Crippen molar-refractivity contribution in [3.8, 4) is 0 Å². The maximum atomic E-state index is 11.8. The number of nitrogens with one attached hydrogen (secondary N) is 1. The third kappa shape index (κ3) is 2.94. The Labute approximate surface area is 111 Å². The number of fused-ring (bicyclic) bond motifs is 1. The molecule has 19 heavy (non-hydrogen) atoms. The summed E-state index contributed by atoms with van der Waals surface area (Å²) in [4.78, 5) is 11.8. The molecule has 5 nitrogen and oxygen atoms in total. The van der Waals surface area contributed by atoms with Crippen LogP contribution < -0.4 is 11.3 Å². The number of amides is 1. The number of carbonyl (C=O) groups excluding carboxylic acids is 1. The van der Waals surface area contributed by atoms with Crippen LogP contribution in [0.5, 0.6) is 0 Å². The van der Waals surface area contributed by atoms with Crippen molar-refractivity contribution in [2.45, 2.75) is 26.4 Å². The average molecular weight is 262 g/mol. The van der Waals surface area contributed by atoms with Gasteiger partial charge in [0.25, 0.3) is 5.91 Å². The van der Waals surface area contributed by atoms with E-state index in [-0.39, 0.29) is 12.5 Å². The number of hydrazine groups is 1. The molecular weight excluding hydrogens is 244 g/mol. The molecule has 0 radical (unpaired) electrons. The second kappa shape index (κ2) is 6.36. The minimum Gasteiger partial charge on any atom is -0.458 e. The highest BCUT2D eigenvalue weighted by Crippen LogP contribution is 2.26. The quantitative estimate of drug-likeness (QED) is 0.362. The Bertz CT molecular complexity index is 563. The van der Waals surface area contributed by atoms with Crippen LogP contribution in [0.4, 0.5) is 0 Å². The maximum absolute atomic E-state index is 11.8. The van der Waals surface area contributed by atoms with Gasteiger partial charge < -0.3 is 9.15 Å². The molecular formula is C14H18N2O3. The maximum Gasteiger partial charge on any atom is 0.269 e. The molecule has 0 fully saturated rings. The van der Waals surface area contributed by atoms with Crippen LogP contribution in [0.2, 0.25) is 0 Å². The van der Waals surface area contributed by atoms with Gasteiger partial charge in [-0.1, -0.05) is 31.5 Å². The van der Waals surface area contributed by atoms with Gasteiger partial charge in [0.1, 0.15) is 18.0 Å². The summed E-state index contributed by atoms with van der Waals surface area (Å²) >= 11 is 0. The minimum atomic E-state index is -0.362. The highest BCUT2D eigenvalue weighted by molar-refractivity contribution is 6.06. The lowest BCUT2D eigenvalue weighted by atomic mass is 10.1. The van der Waals surface area contributed by atoms with E-state index in [4.69, 9.17) is 15.0 Å². The Morgan fingerprint density at radius 1 is 1.42 bits per heavy atom. The van der Waals surface area contributed by atoms with Crippen molar-refractivity contribution in [3.63, 3.8) is 0 Å². The molecule has 0 aliphatic carbocycles. The molecule has 1 amide bonds. The van der Waals surface area contributed by atoms with Crippen LogP contribution in [-0.4, -0.2) is 12.5 Å². The van der Waals surface area contributed by atoms with Gasteiger partial charge in [-0.15, -0.1) is 0 Å². The first-order chi connectivity index (χ1) is 9.27. The lowest BCUT2D eigenvalue weighted by Crippen LogP contribution is -2.30. The first-order valence-electron chi connectivity index (χ1n) is 6.37. The number of furan rings is 1. The molecule has 0 spiro atoms. The molecule has 2 aromatic rings. The van der Waals surface area contributed by atoms with E-state index < -0.39 is 0 Å². The fraction of sp³-hybridized carbons (Fsp3) is 0.357. The van der Waals surface area contributed by atoms with Gasteiger partial charge in [-0.05, 0) is 12.5 Å². The van der Waals surface area contributed by atoms with Crippen molar-refractivity contribution in [1.29, 1.82) is 0 Å². The largest absolute Gasteiger partial charge is 0.458 e. The molecule has 1 aromatic carbocycles. The number of unbranched alkanes of at least 4 members (excludes halogenated alkanes) is 1. The second-order valence-corrected chi connectivity index (χ2v) is 4.28. The van der Waals surface area contributed by atoms with Crippen LogP contribution in [0.1, 0.15) is 35.9 Å². The van der Waals surface area contributed by atoms with E-state index in [1.54, 1.807) is 0 Å². The topological polar surface area (TPSA) is 77.5 Å².